The number of nitrogens with zero attached hydrogens (tertiary/aromatic N) is 2. The molecule has 0 radical (unpaired) electrons. The lowest BCUT2D eigenvalue weighted by atomic mass is 9.88. The standard InChI is InChI=1S/C16H16F3N3/c1-2-14-21-8-10(9-22-14)15-12-4-3-5-13(16(17,18)19)11(12)6-7-20-15/h3-5,8-9,15,20H,2,6-7H2,1H3. The van der Waals surface area contributed by atoms with Crippen molar-refractivity contribution < 1.29 is 13.2 Å². The third-order valence-electron chi connectivity index (χ3n) is 3.93. The zero-order valence-electron chi connectivity index (χ0n) is 12.1. The molecule has 1 atom stereocenters. The first-order chi connectivity index (χ1) is 10.5. The minimum atomic E-state index is -4.32. The van der Waals surface area contributed by atoms with Crippen molar-refractivity contribution in [3.63, 3.8) is 0 Å². The van der Waals surface area contributed by atoms with Gasteiger partial charge in [0.05, 0.1) is 11.6 Å². The van der Waals surface area contributed by atoms with E-state index in [9.17, 15) is 13.2 Å². The Morgan fingerprint density at radius 3 is 2.59 bits per heavy atom. The molecule has 2 heterocycles. The van der Waals surface area contributed by atoms with Gasteiger partial charge in [-0.15, -0.1) is 0 Å². The number of fused-ring (bicyclic) bond motifs is 1. The second-order valence-electron chi connectivity index (χ2n) is 5.29. The SMILES string of the molecule is CCc1ncc(C2NCCc3c2cccc3C(F)(F)F)cn1. The lowest BCUT2D eigenvalue weighted by molar-refractivity contribution is -0.138. The summed E-state index contributed by atoms with van der Waals surface area (Å²) in [5.74, 6) is 0.726. The van der Waals surface area contributed by atoms with E-state index in [0.29, 0.717) is 24.1 Å². The second-order valence-corrected chi connectivity index (χ2v) is 5.29. The molecule has 116 valence electrons. The number of hydrogen-bond donors (Lipinski definition) is 1. The molecule has 3 rings (SSSR count). The van der Waals surface area contributed by atoms with Crippen LogP contribution in [0.15, 0.2) is 30.6 Å². The highest BCUT2D eigenvalue weighted by molar-refractivity contribution is 5.44. The van der Waals surface area contributed by atoms with Gasteiger partial charge in [-0.2, -0.15) is 13.2 Å². The molecule has 0 saturated carbocycles. The summed E-state index contributed by atoms with van der Waals surface area (Å²) in [5, 5.41) is 3.26. The van der Waals surface area contributed by atoms with Gasteiger partial charge >= 0.3 is 6.18 Å². The Hall–Kier alpha value is -1.95. The highest BCUT2D eigenvalue weighted by atomic mass is 19.4. The van der Waals surface area contributed by atoms with Crippen molar-refractivity contribution in [2.75, 3.05) is 6.54 Å². The van der Waals surface area contributed by atoms with Crippen molar-refractivity contribution in [2.45, 2.75) is 32.0 Å². The number of nitrogens with one attached hydrogen (secondary N) is 1. The number of halogens is 3. The molecule has 22 heavy (non-hydrogen) atoms. The van der Waals surface area contributed by atoms with E-state index in [1.807, 2.05) is 6.92 Å². The fraction of sp³-hybridized carbons (Fsp3) is 0.375. The number of aromatic nitrogens is 2. The number of benzene rings is 1. The maximum Gasteiger partial charge on any atom is 0.416 e. The van der Waals surface area contributed by atoms with Crippen molar-refractivity contribution >= 4 is 0 Å². The fourth-order valence-corrected chi connectivity index (χ4v) is 2.87. The summed E-state index contributed by atoms with van der Waals surface area (Å²) in [5.41, 5.74) is 1.28. The number of rotatable bonds is 2. The summed E-state index contributed by atoms with van der Waals surface area (Å²) in [6.45, 7) is 2.46. The lowest BCUT2D eigenvalue weighted by Crippen LogP contribution is -2.32. The molecule has 1 aliphatic heterocycles. The van der Waals surface area contributed by atoms with Crippen LogP contribution in [0.4, 0.5) is 13.2 Å². The third-order valence-corrected chi connectivity index (χ3v) is 3.93. The van der Waals surface area contributed by atoms with Crippen molar-refractivity contribution in [1.29, 1.82) is 0 Å². The van der Waals surface area contributed by atoms with Crippen molar-refractivity contribution in [2.24, 2.45) is 0 Å². The topological polar surface area (TPSA) is 37.8 Å². The summed E-state index contributed by atoms with van der Waals surface area (Å²) in [6, 6.07) is 4.06. The molecule has 1 aromatic heterocycles. The number of alkyl halides is 3. The molecule has 1 aromatic carbocycles. The Morgan fingerprint density at radius 2 is 1.95 bits per heavy atom. The van der Waals surface area contributed by atoms with Gasteiger partial charge in [0.1, 0.15) is 5.82 Å². The zero-order valence-corrected chi connectivity index (χ0v) is 12.1. The third kappa shape index (κ3) is 2.70. The zero-order chi connectivity index (χ0) is 15.7. The number of hydrogen-bond acceptors (Lipinski definition) is 3. The van der Waals surface area contributed by atoms with Crippen LogP contribution in [0, 0.1) is 0 Å². The van der Waals surface area contributed by atoms with Gasteiger partial charge in [-0.3, -0.25) is 0 Å². The van der Waals surface area contributed by atoms with E-state index in [2.05, 4.69) is 15.3 Å². The molecule has 0 bridgehead atoms. The molecule has 0 amide bonds. The molecule has 0 saturated heterocycles. The Bertz CT molecular complexity index is 665. The lowest BCUT2D eigenvalue weighted by Gasteiger charge is -2.29. The molecule has 0 spiro atoms. The highest BCUT2D eigenvalue weighted by Crippen LogP contribution is 2.38. The van der Waals surface area contributed by atoms with E-state index in [0.717, 1.165) is 23.9 Å². The van der Waals surface area contributed by atoms with Crippen LogP contribution in [0.25, 0.3) is 0 Å². The maximum atomic E-state index is 13.2. The van der Waals surface area contributed by atoms with Gasteiger partial charge in [-0.05, 0) is 23.6 Å². The van der Waals surface area contributed by atoms with Crippen LogP contribution in [0.1, 0.15) is 41.0 Å². The summed E-state index contributed by atoms with van der Waals surface area (Å²) in [7, 11) is 0. The smallest absolute Gasteiger partial charge is 0.306 e. The quantitative estimate of drug-likeness (QED) is 0.925. The fourth-order valence-electron chi connectivity index (χ4n) is 2.87. The van der Waals surface area contributed by atoms with E-state index in [-0.39, 0.29) is 6.04 Å². The van der Waals surface area contributed by atoms with E-state index < -0.39 is 11.7 Å². The first kappa shape index (κ1) is 15.0. The molecule has 2 aromatic rings. The Morgan fingerprint density at radius 1 is 1.23 bits per heavy atom. The minimum Gasteiger partial charge on any atom is -0.306 e. The summed E-state index contributed by atoms with van der Waals surface area (Å²) < 4.78 is 39.5. The van der Waals surface area contributed by atoms with Crippen molar-refractivity contribution in [1.82, 2.24) is 15.3 Å². The molecular formula is C16H16F3N3. The van der Waals surface area contributed by atoms with Gasteiger partial charge in [0.2, 0.25) is 0 Å². The number of aryl methyl sites for hydroxylation is 1. The molecule has 1 unspecified atom stereocenters. The predicted octanol–water partition coefficient (Wildman–Crippen LogP) is 3.29. The van der Waals surface area contributed by atoms with Gasteiger partial charge in [-0.1, -0.05) is 19.1 Å². The molecule has 6 heteroatoms. The van der Waals surface area contributed by atoms with Crippen LogP contribution in [-0.4, -0.2) is 16.5 Å². The van der Waals surface area contributed by atoms with Crippen LogP contribution < -0.4 is 5.32 Å². The predicted molar refractivity (Wildman–Crippen MR) is 76.4 cm³/mol. The van der Waals surface area contributed by atoms with Gasteiger partial charge in [0.25, 0.3) is 0 Å². The van der Waals surface area contributed by atoms with Gasteiger partial charge in [0.15, 0.2) is 0 Å². The molecule has 0 fully saturated rings. The maximum absolute atomic E-state index is 13.2. The minimum absolute atomic E-state index is 0.294. The van der Waals surface area contributed by atoms with Gasteiger partial charge < -0.3 is 5.32 Å². The molecule has 3 nitrogen and oxygen atoms in total. The van der Waals surface area contributed by atoms with Crippen molar-refractivity contribution in [3.05, 3.63) is 58.7 Å². The summed E-state index contributed by atoms with van der Waals surface area (Å²) in [6.07, 6.45) is 0.163. The molecular weight excluding hydrogens is 291 g/mol. The van der Waals surface area contributed by atoms with Gasteiger partial charge in [-0.25, -0.2) is 9.97 Å². The molecule has 1 aliphatic rings. The first-order valence-corrected chi connectivity index (χ1v) is 7.24. The van der Waals surface area contributed by atoms with Crippen LogP contribution in [-0.2, 0) is 19.0 Å². The van der Waals surface area contributed by atoms with E-state index >= 15 is 0 Å². The van der Waals surface area contributed by atoms with E-state index in [1.54, 1.807) is 18.5 Å². The van der Waals surface area contributed by atoms with E-state index in [4.69, 9.17) is 0 Å². The summed E-state index contributed by atoms with van der Waals surface area (Å²) >= 11 is 0. The average Bonchev–Trinajstić information content (AvgIpc) is 2.53. The first-order valence-electron chi connectivity index (χ1n) is 7.24. The molecule has 0 aliphatic carbocycles. The Kier molecular flexibility index (Phi) is 3.87. The monoisotopic (exact) mass is 307 g/mol. The van der Waals surface area contributed by atoms with Crippen LogP contribution in [0.2, 0.25) is 0 Å². The van der Waals surface area contributed by atoms with Crippen LogP contribution in [0.3, 0.4) is 0 Å². The van der Waals surface area contributed by atoms with Crippen LogP contribution in [0.5, 0.6) is 0 Å². The summed E-state index contributed by atoms with van der Waals surface area (Å²) in [4.78, 5) is 8.49. The van der Waals surface area contributed by atoms with E-state index in [1.165, 1.54) is 6.07 Å². The Labute approximate surface area is 126 Å². The average molecular weight is 307 g/mol. The highest BCUT2D eigenvalue weighted by Gasteiger charge is 2.36. The van der Waals surface area contributed by atoms with Crippen LogP contribution >= 0.6 is 0 Å². The molecule has 1 N–H and O–H groups in total. The normalized spacial score (nSPS) is 18.1. The largest absolute Gasteiger partial charge is 0.416 e. The second kappa shape index (κ2) is 5.68. The van der Waals surface area contributed by atoms with Gasteiger partial charge in [0, 0.05) is 30.9 Å². The Balaban J connectivity index is 2.04. The van der Waals surface area contributed by atoms with Crippen molar-refractivity contribution in [3.8, 4) is 0 Å².